The molecule has 3 nitrogen and oxygen atoms in total. The predicted octanol–water partition coefficient (Wildman–Crippen LogP) is 1.81. The summed E-state index contributed by atoms with van der Waals surface area (Å²) in [6, 6.07) is 6.06. The summed E-state index contributed by atoms with van der Waals surface area (Å²) in [4.78, 5) is 25.1. The molecule has 1 aromatic carbocycles. The second kappa shape index (κ2) is 5.29. The second-order valence-electron chi connectivity index (χ2n) is 4.76. The van der Waals surface area contributed by atoms with Crippen molar-refractivity contribution >= 4 is 11.7 Å². The zero-order valence-electron chi connectivity index (χ0n) is 10.4. The van der Waals surface area contributed by atoms with E-state index in [1.807, 2.05) is 6.92 Å². The number of hydrogen-bond donors (Lipinski definition) is 0. The lowest BCUT2D eigenvalue weighted by Gasteiger charge is -2.30. The molecule has 18 heavy (non-hydrogen) atoms. The van der Waals surface area contributed by atoms with Crippen molar-refractivity contribution in [1.29, 1.82) is 0 Å². The van der Waals surface area contributed by atoms with E-state index in [0.29, 0.717) is 25.1 Å². The van der Waals surface area contributed by atoms with Crippen molar-refractivity contribution in [3.05, 3.63) is 35.6 Å². The molecule has 1 aliphatic rings. The van der Waals surface area contributed by atoms with Crippen LogP contribution in [-0.4, -0.2) is 29.7 Å². The molecule has 1 aliphatic heterocycles. The number of Topliss-reactive ketones (excluding diaryl/α,β-unsaturated/α-hetero) is 1. The van der Waals surface area contributed by atoms with Crippen LogP contribution in [0.4, 0.5) is 4.39 Å². The van der Waals surface area contributed by atoms with Crippen LogP contribution in [0.1, 0.15) is 18.9 Å². The van der Waals surface area contributed by atoms with Gasteiger partial charge in [-0.1, -0.05) is 19.1 Å². The van der Waals surface area contributed by atoms with Crippen molar-refractivity contribution in [2.24, 2.45) is 5.92 Å². The molecule has 0 N–H and O–H groups in total. The monoisotopic (exact) mass is 249 g/mol. The minimum atomic E-state index is -0.331. The van der Waals surface area contributed by atoms with E-state index in [1.54, 1.807) is 17.0 Å². The van der Waals surface area contributed by atoms with Gasteiger partial charge in [-0.2, -0.15) is 0 Å². The third kappa shape index (κ3) is 2.94. The number of halogens is 1. The maximum atomic E-state index is 13.0. The summed E-state index contributed by atoms with van der Waals surface area (Å²) in [7, 11) is 0. The van der Waals surface area contributed by atoms with Crippen LogP contribution in [-0.2, 0) is 16.0 Å². The van der Waals surface area contributed by atoms with E-state index in [2.05, 4.69) is 0 Å². The average molecular weight is 249 g/mol. The highest BCUT2D eigenvalue weighted by molar-refractivity contribution is 5.85. The van der Waals surface area contributed by atoms with Gasteiger partial charge in [0.15, 0.2) is 0 Å². The molecular weight excluding hydrogens is 233 g/mol. The van der Waals surface area contributed by atoms with Crippen molar-refractivity contribution in [3.8, 4) is 0 Å². The number of carbonyl (C=O) groups is 2. The van der Waals surface area contributed by atoms with Crippen LogP contribution in [0.5, 0.6) is 0 Å². The van der Waals surface area contributed by atoms with Crippen molar-refractivity contribution in [1.82, 2.24) is 4.90 Å². The Hall–Kier alpha value is -1.71. The molecule has 1 unspecified atom stereocenters. The molecule has 1 atom stereocenters. The average Bonchev–Trinajstić information content (AvgIpc) is 2.32. The van der Waals surface area contributed by atoms with E-state index in [0.717, 1.165) is 0 Å². The first-order valence-corrected chi connectivity index (χ1v) is 6.11. The van der Waals surface area contributed by atoms with E-state index in [9.17, 15) is 14.0 Å². The molecule has 4 heteroatoms. The zero-order chi connectivity index (χ0) is 13.1. The number of nitrogens with zero attached hydrogens (tertiary/aromatic N) is 1. The van der Waals surface area contributed by atoms with Gasteiger partial charge in [0, 0.05) is 25.4 Å². The Labute approximate surface area is 106 Å². The zero-order valence-corrected chi connectivity index (χ0v) is 10.4. The predicted molar refractivity (Wildman–Crippen MR) is 65.5 cm³/mol. The number of benzene rings is 1. The van der Waals surface area contributed by atoms with Crippen molar-refractivity contribution in [2.75, 3.05) is 13.1 Å². The number of rotatable bonds is 2. The molecular formula is C14H16FNO2. The van der Waals surface area contributed by atoms with Gasteiger partial charge in [0.05, 0.1) is 6.42 Å². The van der Waals surface area contributed by atoms with Gasteiger partial charge in [-0.15, -0.1) is 0 Å². The van der Waals surface area contributed by atoms with Gasteiger partial charge in [0.2, 0.25) is 5.91 Å². The number of hydrogen-bond acceptors (Lipinski definition) is 2. The molecule has 1 fully saturated rings. The molecule has 0 saturated carbocycles. The van der Waals surface area contributed by atoms with E-state index < -0.39 is 0 Å². The van der Waals surface area contributed by atoms with Crippen molar-refractivity contribution in [2.45, 2.75) is 19.8 Å². The molecule has 0 spiro atoms. The van der Waals surface area contributed by atoms with Crippen LogP contribution in [0.3, 0.4) is 0 Å². The Bertz CT molecular complexity index is 473. The fraction of sp³-hybridized carbons (Fsp3) is 0.429. The lowest BCUT2D eigenvalue weighted by Crippen LogP contribution is -2.43. The van der Waals surface area contributed by atoms with Gasteiger partial charge in [-0.05, 0) is 17.7 Å². The topological polar surface area (TPSA) is 37.4 Å². The summed E-state index contributed by atoms with van der Waals surface area (Å²) in [6.07, 6.45) is 0.620. The molecule has 0 bridgehead atoms. The van der Waals surface area contributed by atoms with E-state index in [-0.39, 0.29) is 29.8 Å². The van der Waals surface area contributed by atoms with E-state index in [1.165, 1.54) is 12.1 Å². The number of carbonyl (C=O) groups excluding carboxylic acids is 2. The molecule has 0 radical (unpaired) electrons. The highest BCUT2D eigenvalue weighted by Crippen LogP contribution is 2.14. The Morgan fingerprint density at radius 1 is 1.50 bits per heavy atom. The van der Waals surface area contributed by atoms with Crippen LogP contribution in [0.2, 0.25) is 0 Å². The Balaban J connectivity index is 1.98. The molecule has 1 amide bonds. The van der Waals surface area contributed by atoms with Crippen LogP contribution in [0.25, 0.3) is 0 Å². The highest BCUT2D eigenvalue weighted by Gasteiger charge is 2.26. The van der Waals surface area contributed by atoms with Gasteiger partial charge in [-0.3, -0.25) is 9.59 Å². The summed E-state index contributed by atoms with van der Waals surface area (Å²) in [5, 5.41) is 0. The smallest absolute Gasteiger partial charge is 0.227 e. The minimum Gasteiger partial charge on any atom is -0.341 e. The van der Waals surface area contributed by atoms with E-state index in [4.69, 9.17) is 0 Å². The van der Waals surface area contributed by atoms with Gasteiger partial charge in [0.25, 0.3) is 0 Å². The van der Waals surface area contributed by atoms with Crippen LogP contribution < -0.4 is 0 Å². The number of ketones is 1. The van der Waals surface area contributed by atoms with E-state index >= 15 is 0 Å². The first kappa shape index (κ1) is 12.7. The lowest BCUT2D eigenvalue weighted by molar-refractivity contribution is -0.136. The molecule has 0 aromatic heterocycles. The van der Waals surface area contributed by atoms with Gasteiger partial charge >= 0.3 is 0 Å². The van der Waals surface area contributed by atoms with Gasteiger partial charge in [0.1, 0.15) is 11.6 Å². The Morgan fingerprint density at radius 2 is 2.28 bits per heavy atom. The fourth-order valence-corrected chi connectivity index (χ4v) is 2.18. The molecule has 0 aliphatic carbocycles. The normalized spacial score (nSPS) is 20.0. The fourth-order valence-electron chi connectivity index (χ4n) is 2.18. The van der Waals surface area contributed by atoms with Crippen LogP contribution in [0, 0.1) is 11.7 Å². The third-order valence-electron chi connectivity index (χ3n) is 3.27. The van der Waals surface area contributed by atoms with Crippen molar-refractivity contribution in [3.63, 3.8) is 0 Å². The second-order valence-corrected chi connectivity index (χ2v) is 4.76. The number of amides is 1. The third-order valence-corrected chi connectivity index (χ3v) is 3.27. The first-order chi connectivity index (χ1) is 8.56. The molecule has 1 saturated heterocycles. The SMILES string of the molecule is CC1CN(C(=O)Cc2cccc(F)c2)CCC1=O. The first-order valence-electron chi connectivity index (χ1n) is 6.11. The summed E-state index contributed by atoms with van der Waals surface area (Å²) in [6.45, 7) is 2.80. The number of piperidine rings is 1. The van der Waals surface area contributed by atoms with Crippen LogP contribution >= 0.6 is 0 Å². The summed E-state index contributed by atoms with van der Waals surface area (Å²) in [5.41, 5.74) is 0.671. The summed E-state index contributed by atoms with van der Waals surface area (Å²) < 4.78 is 13.0. The molecule has 1 heterocycles. The summed E-state index contributed by atoms with van der Waals surface area (Å²) in [5.74, 6) is -0.248. The Kier molecular flexibility index (Phi) is 3.75. The van der Waals surface area contributed by atoms with Gasteiger partial charge < -0.3 is 4.90 Å². The lowest BCUT2D eigenvalue weighted by atomic mass is 9.98. The molecule has 2 rings (SSSR count). The minimum absolute atomic E-state index is 0.0417. The van der Waals surface area contributed by atoms with Crippen molar-refractivity contribution < 1.29 is 14.0 Å². The maximum absolute atomic E-state index is 13.0. The summed E-state index contributed by atoms with van der Waals surface area (Å²) >= 11 is 0. The highest BCUT2D eigenvalue weighted by atomic mass is 19.1. The largest absolute Gasteiger partial charge is 0.341 e. The van der Waals surface area contributed by atoms with Gasteiger partial charge in [-0.25, -0.2) is 4.39 Å². The maximum Gasteiger partial charge on any atom is 0.227 e. The molecule has 96 valence electrons. The van der Waals surface area contributed by atoms with Crippen LogP contribution in [0.15, 0.2) is 24.3 Å². The quantitative estimate of drug-likeness (QED) is 0.801. The number of likely N-dealkylation sites (tertiary alicyclic amines) is 1. The standard InChI is InChI=1S/C14H16FNO2/c1-10-9-16(6-5-13(10)17)14(18)8-11-3-2-4-12(15)7-11/h2-4,7,10H,5-6,8-9H2,1H3. The Morgan fingerprint density at radius 3 is 2.94 bits per heavy atom. The molecule has 1 aromatic rings.